The lowest BCUT2D eigenvalue weighted by Crippen LogP contribution is -2.20. The van der Waals surface area contributed by atoms with E-state index in [1.165, 1.54) is 6.42 Å². The Hall–Kier alpha value is -0.120. The average molecular weight is 208 g/mol. The molecule has 0 aromatic rings. The lowest BCUT2D eigenvalue weighted by atomic mass is 9.81. The Bertz CT molecular complexity index is 248. The molecule has 1 aliphatic carbocycles. The van der Waals surface area contributed by atoms with Crippen molar-refractivity contribution in [2.45, 2.75) is 39.0 Å². The van der Waals surface area contributed by atoms with Gasteiger partial charge in [0.1, 0.15) is 0 Å². The predicted molar refractivity (Wildman–Crippen MR) is 50.6 cm³/mol. The number of halogens is 1. The van der Waals surface area contributed by atoms with Crippen LogP contribution in [0, 0.1) is 11.8 Å². The number of hydrogen-bond donors (Lipinski definition) is 0. The van der Waals surface area contributed by atoms with E-state index < -0.39 is 10.2 Å². The van der Waals surface area contributed by atoms with Crippen molar-refractivity contribution in [3.05, 3.63) is 0 Å². The summed E-state index contributed by atoms with van der Waals surface area (Å²) in [4.78, 5) is 0. The van der Waals surface area contributed by atoms with Crippen molar-refractivity contribution >= 4 is 10.2 Å². The van der Waals surface area contributed by atoms with Crippen LogP contribution < -0.4 is 0 Å². The van der Waals surface area contributed by atoms with Gasteiger partial charge in [-0.05, 0) is 24.7 Å². The zero-order valence-electron chi connectivity index (χ0n) is 8.00. The van der Waals surface area contributed by atoms with Gasteiger partial charge in [-0.3, -0.25) is 0 Å². The van der Waals surface area contributed by atoms with Crippen LogP contribution in [0.25, 0.3) is 0 Å². The molecule has 4 heteroatoms. The smallest absolute Gasteiger partial charge is 0.195 e. The minimum atomic E-state index is -4.26. The fourth-order valence-electron chi connectivity index (χ4n) is 2.21. The topological polar surface area (TPSA) is 34.1 Å². The fraction of sp³-hybridized carbons (Fsp3) is 1.00. The highest BCUT2D eigenvalue weighted by Gasteiger charge is 2.25. The summed E-state index contributed by atoms with van der Waals surface area (Å²) in [5, 5.41) is 0. The van der Waals surface area contributed by atoms with E-state index in [1.54, 1.807) is 0 Å². The molecule has 78 valence electrons. The molecule has 0 aromatic heterocycles. The summed E-state index contributed by atoms with van der Waals surface area (Å²) >= 11 is 0. The highest BCUT2D eigenvalue weighted by Crippen LogP contribution is 2.31. The Balaban J connectivity index is 2.43. The van der Waals surface area contributed by atoms with Crippen molar-refractivity contribution in [3.63, 3.8) is 0 Å². The van der Waals surface area contributed by atoms with Gasteiger partial charge < -0.3 is 0 Å². The van der Waals surface area contributed by atoms with E-state index >= 15 is 0 Å². The first-order valence-electron chi connectivity index (χ1n) is 4.93. The Morgan fingerprint density at radius 1 is 1.31 bits per heavy atom. The van der Waals surface area contributed by atoms with Gasteiger partial charge in [-0.2, -0.15) is 8.42 Å². The summed E-state index contributed by atoms with van der Waals surface area (Å²) in [5.74, 6) is 0.415. The summed E-state index contributed by atoms with van der Waals surface area (Å²) in [7, 11) is -4.26. The first kappa shape index (κ1) is 11.0. The highest BCUT2D eigenvalue weighted by molar-refractivity contribution is 7.86. The molecule has 0 bridgehead atoms. The zero-order valence-corrected chi connectivity index (χ0v) is 8.82. The number of rotatable bonds is 3. The van der Waals surface area contributed by atoms with Gasteiger partial charge in [0.15, 0.2) is 0 Å². The minimum absolute atomic E-state index is 0.0636. The molecule has 1 fully saturated rings. The van der Waals surface area contributed by atoms with E-state index in [9.17, 15) is 12.3 Å². The van der Waals surface area contributed by atoms with Crippen LogP contribution in [0.4, 0.5) is 3.89 Å². The van der Waals surface area contributed by atoms with Crippen LogP contribution in [-0.4, -0.2) is 14.2 Å². The van der Waals surface area contributed by atoms with E-state index in [0.717, 1.165) is 25.7 Å². The maximum atomic E-state index is 12.4. The van der Waals surface area contributed by atoms with Gasteiger partial charge in [0.05, 0.1) is 5.75 Å². The van der Waals surface area contributed by atoms with Gasteiger partial charge in [-0.1, -0.05) is 26.2 Å². The maximum Gasteiger partial charge on any atom is 0.302 e. The molecule has 13 heavy (non-hydrogen) atoms. The monoisotopic (exact) mass is 208 g/mol. The standard InChI is InChI=1S/C9H17FO2S/c1-2-8-4-3-5-9(6-8)7-13(10,11)12/h8-9H,2-7H2,1H3. The third-order valence-electron chi connectivity index (χ3n) is 2.90. The van der Waals surface area contributed by atoms with Crippen LogP contribution >= 0.6 is 0 Å². The molecule has 2 atom stereocenters. The molecule has 0 N–H and O–H groups in total. The lowest BCUT2D eigenvalue weighted by molar-refractivity contribution is 0.276. The van der Waals surface area contributed by atoms with Crippen molar-refractivity contribution in [2.24, 2.45) is 11.8 Å². The van der Waals surface area contributed by atoms with E-state index in [2.05, 4.69) is 6.92 Å². The SMILES string of the molecule is CCC1CCCC(CS(=O)(=O)F)C1. The van der Waals surface area contributed by atoms with Crippen molar-refractivity contribution < 1.29 is 12.3 Å². The predicted octanol–water partition coefficient (Wildman–Crippen LogP) is 2.50. The van der Waals surface area contributed by atoms with Crippen molar-refractivity contribution in [1.29, 1.82) is 0 Å². The van der Waals surface area contributed by atoms with Crippen molar-refractivity contribution in [3.8, 4) is 0 Å². The molecule has 1 saturated carbocycles. The molecule has 2 unspecified atom stereocenters. The number of hydrogen-bond acceptors (Lipinski definition) is 2. The molecule has 0 spiro atoms. The normalized spacial score (nSPS) is 30.3. The second kappa shape index (κ2) is 4.40. The molecule has 0 aromatic carbocycles. The molecule has 1 rings (SSSR count). The third kappa shape index (κ3) is 4.07. The average Bonchev–Trinajstić information content (AvgIpc) is 2.01. The second-order valence-corrected chi connectivity index (χ2v) is 5.42. The molecular formula is C9H17FO2S. The highest BCUT2D eigenvalue weighted by atomic mass is 32.3. The van der Waals surface area contributed by atoms with E-state index in [4.69, 9.17) is 0 Å². The van der Waals surface area contributed by atoms with Gasteiger partial charge in [0.25, 0.3) is 0 Å². The largest absolute Gasteiger partial charge is 0.302 e. The van der Waals surface area contributed by atoms with Gasteiger partial charge in [0.2, 0.25) is 0 Å². The summed E-state index contributed by atoms with van der Waals surface area (Å²) in [6, 6.07) is 0. The van der Waals surface area contributed by atoms with E-state index in [-0.39, 0.29) is 11.7 Å². The summed E-state index contributed by atoms with van der Waals surface area (Å²) in [6.07, 6.45) is 5.08. The Morgan fingerprint density at radius 3 is 2.46 bits per heavy atom. The molecular weight excluding hydrogens is 191 g/mol. The Kier molecular flexibility index (Phi) is 3.71. The van der Waals surface area contributed by atoms with Crippen molar-refractivity contribution in [2.75, 3.05) is 5.75 Å². The first-order chi connectivity index (χ1) is 6.01. The minimum Gasteiger partial charge on any atom is -0.195 e. The van der Waals surface area contributed by atoms with Gasteiger partial charge in [0, 0.05) is 0 Å². The fourth-order valence-corrected chi connectivity index (χ4v) is 3.07. The van der Waals surface area contributed by atoms with Gasteiger partial charge >= 0.3 is 10.2 Å². The van der Waals surface area contributed by atoms with Crippen LogP contribution in [0.5, 0.6) is 0 Å². The molecule has 0 aliphatic heterocycles. The quantitative estimate of drug-likeness (QED) is 0.668. The van der Waals surface area contributed by atoms with E-state index in [1.807, 2.05) is 0 Å². The molecule has 0 radical (unpaired) electrons. The maximum absolute atomic E-state index is 12.4. The van der Waals surface area contributed by atoms with Crippen molar-refractivity contribution in [1.82, 2.24) is 0 Å². The molecule has 0 heterocycles. The summed E-state index contributed by atoms with van der Waals surface area (Å²) in [5.41, 5.74) is 0. The molecule has 1 aliphatic rings. The molecule has 0 amide bonds. The van der Waals surface area contributed by atoms with Gasteiger partial charge in [-0.25, -0.2) is 0 Å². The molecule has 2 nitrogen and oxygen atoms in total. The van der Waals surface area contributed by atoms with Crippen LogP contribution in [0.2, 0.25) is 0 Å². The van der Waals surface area contributed by atoms with Gasteiger partial charge in [-0.15, -0.1) is 3.89 Å². The van der Waals surface area contributed by atoms with Crippen LogP contribution in [0.1, 0.15) is 39.0 Å². The van der Waals surface area contributed by atoms with Crippen LogP contribution in [0.15, 0.2) is 0 Å². The Labute approximate surface area is 79.7 Å². The zero-order chi connectivity index (χ0) is 9.90. The Morgan fingerprint density at radius 2 is 1.92 bits per heavy atom. The lowest BCUT2D eigenvalue weighted by Gasteiger charge is -2.27. The van der Waals surface area contributed by atoms with Crippen LogP contribution in [0.3, 0.4) is 0 Å². The first-order valence-corrected chi connectivity index (χ1v) is 6.49. The summed E-state index contributed by atoms with van der Waals surface area (Å²) < 4.78 is 33.2. The van der Waals surface area contributed by atoms with E-state index in [0.29, 0.717) is 5.92 Å². The molecule has 0 saturated heterocycles. The second-order valence-electron chi connectivity index (χ2n) is 4.01. The third-order valence-corrected chi connectivity index (χ3v) is 3.77. The van der Waals surface area contributed by atoms with Crippen LogP contribution in [-0.2, 0) is 10.2 Å². The summed E-state index contributed by atoms with van der Waals surface area (Å²) in [6.45, 7) is 2.11.